The van der Waals surface area contributed by atoms with E-state index in [9.17, 15) is 4.79 Å². The molecule has 0 fully saturated rings. The molecule has 0 saturated heterocycles. The van der Waals surface area contributed by atoms with Crippen molar-refractivity contribution in [3.8, 4) is 5.75 Å². The summed E-state index contributed by atoms with van der Waals surface area (Å²) in [5.41, 5.74) is 0.590. The molecule has 1 rings (SSSR count). The lowest BCUT2D eigenvalue weighted by atomic mass is 10.2. The molecular formula is C15H24N2O2. The Morgan fingerprint density at radius 1 is 1.21 bits per heavy atom. The summed E-state index contributed by atoms with van der Waals surface area (Å²) in [6.45, 7) is 8.39. The molecule has 1 amide bonds. The van der Waals surface area contributed by atoms with Crippen LogP contribution in [0.15, 0.2) is 24.3 Å². The summed E-state index contributed by atoms with van der Waals surface area (Å²) in [6.07, 6.45) is 1.15. The molecule has 0 saturated carbocycles. The second-order valence-corrected chi connectivity index (χ2v) is 4.67. The maximum absolute atomic E-state index is 12.1. The summed E-state index contributed by atoms with van der Waals surface area (Å²) >= 11 is 0. The lowest BCUT2D eigenvalue weighted by molar-refractivity contribution is 0.0948. The minimum atomic E-state index is -0.0884. The van der Waals surface area contributed by atoms with Crippen molar-refractivity contribution in [1.29, 1.82) is 0 Å². The van der Waals surface area contributed by atoms with Gasteiger partial charge in [-0.1, -0.05) is 19.1 Å². The number of rotatable bonds is 8. The van der Waals surface area contributed by atoms with E-state index in [-0.39, 0.29) is 12.0 Å². The van der Waals surface area contributed by atoms with E-state index < -0.39 is 0 Å². The molecule has 0 spiro atoms. The molecule has 0 heterocycles. The Bertz CT molecular complexity index is 391. The Balaban J connectivity index is 2.51. The number of amides is 1. The highest BCUT2D eigenvalue weighted by Gasteiger charge is 2.12. The predicted octanol–water partition coefficient (Wildman–Crippen LogP) is 2.20. The molecule has 4 heteroatoms. The molecule has 2 N–H and O–H groups in total. The lowest BCUT2D eigenvalue weighted by Crippen LogP contribution is -2.32. The lowest BCUT2D eigenvalue weighted by Gasteiger charge is -2.14. The molecular weight excluding hydrogens is 240 g/mol. The van der Waals surface area contributed by atoms with Gasteiger partial charge in [0.1, 0.15) is 5.75 Å². The van der Waals surface area contributed by atoms with Crippen LogP contribution in [0, 0.1) is 0 Å². The molecule has 0 aliphatic carbocycles. The monoisotopic (exact) mass is 264 g/mol. The van der Waals surface area contributed by atoms with Crippen LogP contribution in [0.2, 0.25) is 0 Å². The van der Waals surface area contributed by atoms with Gasteiger partial charge in [0.25, 0.3) is 5.91 Å². The summed E-state index contributed by atoms with van der Waals surface area (Å²) < 4.78 is 5.63. The van der Waals surface area contributed by atoms with Crippen molar-refractivity contribution >= 4 is 5.91 Å². The summed E-state index contributed by atoms with van der Waals surface area (Å²) in [6, 6.07) is 7.32. The Hall–Kier alpha value is -1.55. The summed E-state index contributed by atoms with van der Waals surface area (Å²) in [7, 11) is 0. The first-order chi connectivity index (χ1) is 9.15. The summed E-state index contributed by atoms with van der Waals surface area (Å²) in [5, 5.41) is 6.13. The van der Waals surface area contributed by atoms with Crippen LogP contribution < -0.4 is 15.4 Å². The van der Waals surface area contributed by atoms with Crippen molar-refractivity contribution in [3.63, 3.8) is 0 Å². The Labute approximate surface area is 115 Å². The van der Waals surface area contributed by atoms with E-state index in [1.54, 1.807) is 6.07 Å². The quantitative estimate of drug-likeness (QED) is 0.708. The van der Waals surface area contributed by atoms with E-state index in [0.717, 1.165) is 19.5 Å². The number of hydrogen-bond donors (Lipinski definition) is 2. The van der Waals surface area contributed by atoms with Gasteiger partial charge in [0, 0.05) is 13.1 Å². The Morgan fingerprint density at radius 3 is 2.63 bits per heavy atom. The van der Waals surface area contributed by atoms with Crippen molar-refractivity contribution < 1.29 is 9.53 Å². The number of benzene rings is 1. The molecule has 1 aromatic rings. The Morgan fingerprint density at radius 2 is 1.95 bits per heavy atom. The van der Waals surface area contributed by atoms with Crippen molar-refractivity contribution in [2.45, 2.75) is 33.3 Å². The van der Waals surface area contributed by atoms with Crippen LogP contribution in [-0.4, -0.2) is 31.6 Å². The van der Waals surface area contributed by atoms with E-state index in [2.05, 4.69) is 17.6 Å². The smallest absolute Gasteiger partial charge is 0.255 e. The van der Waals surface area contributed by atoms with Gasteiger partial charge in [-0.05, 0) is 38.9 Å². The fourth-order valence-electron chi connectivity index (χ4n) is 1.67. The fourth-order valence-corrected chi connectivity index (χ4v) is 1.67. The zero-order valence-electron chi connectivity index (χ0n) is 12.0. The van der Waals surface area contributed by atoms with Gasteiger partial charge in [-0.25, -0.2) is 0 Å². The molecule has 106 valence electrons. The third-order valence-electron chi connectivity index (χ3n) is 2.51. The van der Waals surface area contributed by atoms with Crippen molar-refractivity contribution in [3.05, 3.63) is 29.8 Å². The van der Waals surface area contributed by atoms with Gasteiger partial charge in [-0.3, -0.25) is 4.79 Å². The third kappa shape index (κ3) is 5.75. The number of nitrogens with one attached hydrogen (secondary N) is 2. The SMILES string of the molecule is CCCNCCNC(=O)c1ccccc1OC(C)C. The zero-order valence-corrected chi connectivity index (χ0v) is 12.0. The standard InChI is InChI=1S/C15H24N2O2/c1-4-9-16-10-11-17-15(18)13-7-5-6-8-14(13)19-12(2)3/h5-8,12,16H,4,9-11H2,1-3H3,(H,17,18). The molecule has 0 radical (unpaired) electrons. The van der Waals surface area contributed by atoms with Crippen LogP contribution >= 0.6 is 0 Å². The first-order valence-electron chi connectivity index (χ1n) is 6.89. The van der Waals surface area contributed by atoms with Crippen LogP contribution in [0.1, 0.15) is 37.6 Å². The van der Waals surface area contributed by atoms with Gasteiger partial charge < -0.3 is 15.4 Å². The highest BCUT2D eigenvalue weighted by Crippen LogP contribution is 2.18. The topological polar surface area (TPSA) is 50.4 Å². The second-order valence-electron chi connectivity index (χ2n) is 4.67. The minimum Gasteiger partial charge on any atom is -0.490 e. The van der Waals surface area contributed by atoms with Crippen LogP contribution in [0.4, 0.5) is 0 Å². The molecule has 4 nitrogen and oxygen atoms in total. The predicted molar refractivity (Wildman–Crippen MR) is 77.7 cm³/mol. The second kappa shape index (κ2) is 8.53. The maximum Gasteiger partial charge on any atom is 0.255 e. The van der Waals surface area contributed by atoms with Gasteiger partial charge in [-0.15, -0.1) is 0 Å². The largest absolute Gasteiger partial charge is 0.490 e. The average molecular weight is 264 g/mol. The number of carbonyl (C=O) groups is 1. The van der Waals surface area contributed by atoms with E-state index in [0.29, 0.717) is 17.9 Å². The molecule has 19 heavy (non-hydrogen) atoms. The normalized spacial score (nSPS) is 10.5. The van der Waals surface area contributed by atoms with Crippen LogP contribution in [-0.2, 0) is 0 Å². The molecule has 0 bridgehead atoms. The number of ether oxygens (including phenoxy) is 1. The fraction of sp³-hybridized carbons (Fsp3) is 0.533. The van der Waals surface area contributed by atoms with E-state index in [4.69, 9.17) is 4.74 Å². The molecule has 0 unspecified atom stereocenters. The van der Waals surface area contributed by atoms with Gasteiger partial charge in [0.15, 0.2) is 0 Å². The van der Waals surface area contributed by atoms with E-state index in [1.165, 1.54) is 0 Å². The maximum atomic E-state index is 12.1. The summed E-state index contributed by atoms with van der Waals surface area (Å²) in [4.78, 5) is 12.1. The van der Waals surface area contributed by atoms with Gasteiger partial charge in [0.2, 0.25) is 0 Å². The third-order valence-corrected chi connectivity index (χ3v) is 2.51. The first kappa shape index (κ1) is 15.5. The van der Waals surface area contributed by atoms with Crippen LogP contribution in [0.5, 0.6) is 5.75 Å². The summed E-state index contributed by atoms with van der Waals surface area (Å²) in [5.74, 6) is 0.547. The number of hydrogen-bond acceptors (Lipinski definition) is 3. The van der Waals surface area contributed by atoms with Crippen LogP contribution in [0.3, 0.4) is 0 Å². The minimum absolute atomic E-state index is 0.0557. The Kier molecular flexibility index (Phi) is 6.97. The molecule has 1 aromatic carbocycles. The number of para-hydroxylation sites is 1. The van der Waals surface area contributed by atoms with Gasteiger partial charge >= 0.3 is 0 Å². The average Bonchev–Trinajstić information content (AvgIpc) is 2.38. The highest BCUT2D eigenvalue weighted by atomic mass is 16.5. The zero-order chi connectivity index (χ0) is 14.1. The highest BCUT2D eigenvalue weighted by molar-refractivity contribution is 5.96. The van der Waals surface area contributed by atoms with Crippen molar-refractivity contribution in [1.82, 2.24) is 10.6 Å². The van der Waals surface area contributed by atoms with E-state index >= 15 is 0 Å². The molecule has 0 aliphatic rings. The van der Waals surface area contributed by atoms with Gasteiger partial charge in [0.05, 0.1) is 11.7 Å². The molecule has 0 atom stereocenters. The molecule has 0 aromatic heterocycles. The van der Waals surface area contributed by atoms with Crippen LogP contribution in [0.25, 0.3) is 0 Å². The van der Waals surface area contributed by atoms with Crippen molar-refractivity contribution in [2.75, 3.05) is 19.6 Å². The molecule has 0 aliphatic heterocycles. The van der Waals surface area contributed by atoms with E-state index in [1.807, 2.05) is 32.0 Å². The van der Waals surface area contributed by atoms with Gasteiger partial charge in [-0.2, -0.15) is 0 Å². The van der Waals surface area contributed by atoms with Crippen molar-refractivity contribution in [2.24, 2.45) is 0 Å². The first-order valence-corrected chi connectivity index (χ1v) is 6.89. The number of carbonyl (C=O) groups excluding carboxylic acids is 1.